The van der Waals surface area contributed by atoms with E-state index in [-0.39, 0.29) is 23.2 Å². The van der Waals surface area contributed by atoms with Crippen LogP contribution in [-0.4, -0.2) is 14.7 Å². The zero-order chi connectivity index (χ0) is 14.6. The van der Waals surface area contributed by atoms with E-state index in [2.05, 4.69) is 4.98 Å². The Morgan fingerprint density at radius 2 is 1.95 bits per heavy atom. The fourth-order valence-corrected chi connectivity index (χ4v) is 2.68. The van der Waals surface area contributed by atoms with Crippen LogP contribution in [0.5, 0.6) is 5.75 Å². The van der Waals surface area contributed by atoms with Crippen molar-refractivity contribution < 1.29 is 13.9 Å². The van der Waals surface area contributed by atoms with E-state index < -0.39 is 5.82 Å². The van der Waals surface area contributed by atoms with Gasteiger partial charge >= 0.3 is 0 Å². The molecule has 0 aliphatic heterocycles. The first-order valence-corrected chi connectivity index (χ1v) is 6.80. The second-order valence-corrected chi connectivity index (χ2v) is 5.30. The fourth-order valence-electron chi connectivity index (χ4n) is 2.68. The third-order valence-corrected chi connectivity index (χ3v) is 3.78. The Bertz CT molecular complexity index is 833. The number of imidazole rings is 1. The predicted octanol–water partition coefficient (Wildman–Crippen LogP) is 4.02. The molecule has 106 valence electrons. The number of hydrogen-bond acceptors (Lipinski definition) is 2. The number of hydrogen-bond donors (Lipinski definition) is 1. The summed E-state index contributed by atoms with van der Waals surface area (Å²) in [6, 6.07) is 8.73. The topological polar surface area (TPSA) is 38.1 Å². The molecule has 1 aliphatic carbocycles. The van der Waals surface area contributed by atoms with E-state index in [1.165, 1.54) is 30.3 Å². The molecule has 1 aromatic heterocycles. The molecule has 21 heavy (non-hydrogen) atoms. The van der Waals surface area contributed by atoms with Gasteiger partial charge in [0.05, 0.1) is 16.6 Å². The van der Waals surface area contributed by atoms with E-state index in [0.29, 0.717) is 11.3 Å². The number of phenolic OH excluding ortho intramolecular Hbond substituents is 1. The minimum atomic E-state index is -0.535. The van der Waals surface area contributed by atoms with Crippen molar-refractivity contribution in [1.29, 1.82) is 0 Å². The van der Waals surface area contributed by atoms with Crippen LogP contribution in [0.2, 0.25) is 0 Å². The van der Waals surface area contributed by atoms with Crippen molar-refractivity contribution in [3.05, 3.63) is 48.0 Å². The Morgan fingerprint density at radius 1 is 1.14 bits per heavy atom. The lowest BCUT2D eigenvalue weighted by Crippen LogP contribution is -1.99. The van der Waals surface area contributed by atoms with Gasteiger partial charge in [0.15, 0.2) is 0 Å². The number of benzene rings is 2. The maximum Gasteiger partial charge on any atom is 0.148 e. The maximum absolute atomic E-state index is 14.1. The van der Waals surface area contributed by atoms with Gasteiger partial charge < -0.3 is 9.67 Å². The SMILES string of the molecule is Oc1cccc(F)c1-c1nc2cc(F)ccc2n1C1CC1. The third kappa shape index (κ3) is 1.88. The van der Waals surface area contributed by atoms with E-state index in [4.69, 9.17) is 0 Å². The van der Waals surface area contributed by atoms with Gasteiger partial charge in [-0.25, -0.2) is 13.8 Å². The molecule has 0 spiro atoms. The second-order valence-electron chi connectivity index (χ2n) is 5.30. The molecule has 0 radical (unpaired) electrons. The first kappa shape index (κ1) is 12.3. The van der Waals surface area contributed by atoms with E-state index in [9.17, 15) is 13.9 Å². The Labute approximate surface area is 119 Å². The molecule has 1 saturated carbocycles. The van der Waals surface area contributed by atoms with Crippen molar-refractivity contribution in [1.82, 2.24) is 9.55 Å². The van der Waals surface area contributed by atoms with E-state index in [0.717, 1.165) is 18.4 Å². The van der Waals surface area contributed by atoms with Crippen LogP contribution in [0.15, 0.2) is 36.4 Å². The van der Waals surface area contributed by atoms with Gasteiger partial charge in [-0.15, -0.1) is 0 Å². The summed E-state index contributed by atoms with van der Waals surface area (Å²) in [5.41, 5.74) is 1.30. The zero-order valence-corrected chi connectivity index (χ0v) is 11.1. The summed E-state index contributed by atoms with van der Waals surface area (Å²) >= 11 is 0. The van der Waals surface area contributed by atoms with Gasteiger partial charge in [0, 0.05) is 12.1 Å². The van der Waals surface area contributed by atoms with Crippen LogP contribution < -0.4 is 0 Å². The van der Waals surface area contributed by atoms with E-state index in [1.807, 2.05) is 4.57 Å². The maximum atomic E-state index is 14.1. The van der Waals surface area contributed by atoms with Gasteiger partial charge in [0.2, 0.25) is 0 Å². The number of phenols is 1. The van der Waals surface area contributed by atoms with Crippen LogP contribution in [0.4, 0.5) is 8.78 Å². The van der Waals surface area contributed by atoms with E-state index in [1.54, 1.807) is 6.07 Å². The summed E-state index contributed by atoms with van der Waals surface area (Å²) in [6.07, 6.45) is 1.95. The normalized spacial score (nSPS) is 14.8. The monoisotopic (exact) mass is 286 g/mol. The van der Waals surface area contributed by atoms with Gasteiger partial charge in [-0.2, -0.15) is 0 Å². The molecule has 0 atom stereocenters. The highest BCUT2D eigenvalue weighted by Gasteiger charge is 2.30. The summed E-state index contributed by atoms with van der Waals surface area (Å²) < 4.78 is 29.4. The summed E-state index contributed by atoms with van der Waals surface area (Å²) in [7, 11) is 0. The molecule has 1 aliphatic rings. The van der Waals surface area contributed by atoms with Crippen LogP contribution in [0.25, 0.3) is 22.4 Å². The average Bonchev–Trinajstić information content (AvgIpc) is 3.20. The molecular weight excluding hydrogens is 274 g/mol. The number of fused-ring (bicyclic) bond motifs is 1. The molecule has 5 heteroatoms. The minimum absolute atomic E-state index is 0.0704. The number of aromatic hydroxyl groups is 1. The molecule has 1 fully saturated rings. The lowest BCUT2D eigenvalue weighted by Gasteiger charge is -2.09. The highest BCUT2D eigenvalue weighted by atomic mass is 19.1. The Hall–Kier alpha value is -2.43. The van der Waals surface area contributed by atoms with Gasteiger partial charge in [-0.3, -0.25) is 0 Å². The standard InChI is InChI=1S/C16H12F2N2O/c17-9-4-7-13-12(8-9)19-16(20(13)10-5-6-10)15-11(18)2-1-3-14(15)21/h1-4,7-8,10,21H,5-6H2. The summed E-state index contributed by atoms with van der Waals surface area (Å²) in [6.45, 7) is 0. The Morgan fingerprint density at radius 3 is 2.67 bits per heavy atom. The zero-order valence-electron chi connectivity index (χ0n) is 11.1. The molecule has 0 unspecified atom stereocenters. The predicted molar refractivity (Wildman–Crippen MR) is 75.0 cm³/mol. The highest BCUT2D eigenvalue weighted by Crippen LogP contribution is 2.43. The molecular formula is C16H12F2N2O. The van der Waals surface area contributed by atoms with Gasteiger partial charge in [-0.05, 0) is 37.1 Å². The Kier molecular flexibility index (Phi) is 2.51. The van der Waals surface area contributed by atoms with E-state index >= 15 is 0 Å². The van der Waals surface area contributed by atoms with Gasteiger partial charge in [0.25, 0.3) is 0 Å². The van der Waals surface area contributed by atoms with Gasteiger partial charge in [-0.1, -0.05) is 6.07 Å². The second kappa shape index (κ2) is 4.28. The van der Waals surface area contributed by atoms with Crippen molar-refractivity contribution in [2.45, 2.75) is 18.9 Å². The number of rotatable bonds is 2. The summed E-state index contributed by atoms with van der Waals surface area (Å²) in [5.74, 6) is -0.721. The molecule has 3 aromatic rings. The smallest absolute Gasteiger partial charge is 0.148 e. The number of nitrogens with zero attached hydrogens (tertiary/aromatic N) is 2. The molecule has 0 amide bonds. The molecule has 3 nitrogen and oxygen atoms in total. The molecule has 1 heterocycles. The Balaban J connectivity index is 2.06. The molecule has 1 N–H and O–H groups in total. The molecule has 4 rings (SSSR count). The van der Waals surface area contributed by atoms with Crippen LogP contribution in [-0.2, 0) is 0 Å². The minimum Gasteiger partial charge on any atom is -0.507 e. The average molecular weight is 286 g/mol. The number of halogens is 2. The van der Waals surface area contributed by atoms with Crippen molar-refractivity contribution in [3.8, 4) is 17.1 Å². The lowest BCUT2D eigenvalue weighted by molar-refractivity contribution is 0.470. The highest BCUT2D eigenvalue weighted by molar-refractivity contribution is 5.82. The van der Waals surface area contributed by atoms with Crippen molar-refractivity contribution in [2.75, 3.05) is 0 Å². The summed E-state index contributed by atoms with van der Waals surface area (Å²) in [4.78, 5) is 4.35. The van der Waals surface area contributed by atoms with Gasteiger partial charge in [0.1, 0.15) is 23.2 Å². The first-order chi connectivity index (χ1) is 10.1. The fraction of sp³-hybridized carbons (Fsp3) is 0.188. The quantitative estimate of drug-likeness (QED) is 0.772. The van der Waals surface area contributed by atoms with Crippen molar-refractivity contribution >= 4 is 11.0 Å². The molecule has 2 aromatic carbocycles. The first-order valence-electron chi connectivity index (χ1n) is 6.80. The lowest BCUT2D eigenvalue weighted by atomic mass is 10.1. The largest absolute Gasteiger partial charge is 0.507 e. The van der Waals surface area contributed by atoms with Crippen LogP contribution in [0.3, 0.4) is 0 Å². The van der Waals surface area contributed by atoms with Crippen LogP contribution in [0.1, 0.15) is 18.9 Å². The third-order valence-electron chi connectivity index (χ3n) is 3.78. The van der Waals surface area contributed by atoms with Crippen molar-refractivity contribution in [3.63, 3.8) is 0 Å². The number of aromatic nitrogens is 2. The van der Waals surface area contributed by atoms with Crippen molar-refractivity contribution in [2.24, 2.45) is 0 Å². The molecule has 0 saturated heterocycles. The van der Waals surface area contributed by atoms with Crippen LogP contribution in [0, 0.1) is 11.6 Å². The summed E-state index contributed by atoms with van der Waals surface area (Å²) in [5, 5.41) is 9.98. The molecule has 0 bridgehead atoms. The van der Waals surface area contributed by atoms with Crippen LogP contribution >= 0.6 is 0 Å².